The average molecular weight is 219 g/mol. The molecule has 0 bridgehead atoms. The van der Waals surface area contributed by atoms with Crippen LogP contribution in [-0.2, 0) is 4.79 Å². The summed E-state index contributed by atoms with van der Waals surface area (Å²) in [7, 11) is 2.01. The number of para-hydroxylation sites is 1. The number of likely N-dealkylation sites (N-methyl/N-ethyl adjacent to an activating group) is 1. The summed E-state index contributed by atoms with van der Waals surface area (Å²) in [6, 6.07) is 8.05. The Morgan fingerprint density at radius 3 is 2.69 bits per heavy atom. The van der Waals surface area contributed by atoms with E-state index in [1.54, 1.807) is 13.8 Å². The van der Waals surface area contributed by atoms with Gasteiger partial charge in [0.1, 0.15) is 0 Å². The van der Waals surface area contributed by atoms with Crippen LogP contribution in [0.4, 0.5) is 5.69 Å². The average Bonchev–Trinajstić information content (AvgIpc) is 2.57. The number of carbonyl (C=O) groups is 1. The molecular formula is C13H17NO2. The third-order valence-corrected chi connectivity index (χ3v) is 3.60. The first kappa shape index (κ1) is 11.0. The van der Waals surface area contributed by atoms with E-state index < -0.39 is 11.4 Å². The molecule has 0 saturated heterocycles. The van der Waals surface area contributed by atoms with Crippen LogP contribution >= 0.6 is 0 Å². The molecule has 3 heteroatoms. The van der Waals surface area contributed by atoms with Crippen LogP contribution in [0.15, 0.2) is 24.3 Å². The lowest BCUT2D eigenvalue weighted by molar-refractivity contribution is -0.148. The zero-order chi connectivity index (χ0) is 11.9. The summed E-state index contributed by atoms with van der Waals surface area (Å²) >= 11 is 0. The van der Waals surface area contributed by atoms with Gasteiger partial charge in [0.2, 0.25) is 0 Å². The molecule has 1 aromatic rings. The number of hydrogen-bond donors (Lipinski definition) is 1. The van der Waals surface area contributed by atoms with Crippen molar-refractivity contribution in [1.82, 2.24) is 0 Å². The molecule has 0 aromatic heterocycles. The van der Waals surface area contributed by atoms with E-state index in [1.165, 1.54) is 0 Å². The third-order valence-electron chi connectivity index (χ3n) is 3.60. The first-order valence-corrected chi connectivity index (χ1v) is 5.48. The number of hydrogen-bond acceptors (Lipinski definition) is 2. The van der Waals surface area contributed by atoms with Gasteiger partial charge < -0.3 is 10.0 Å². The van der Waals surface area contributed by atoms with Crippen LogP contribution in [0.25, 0.3) is 0 Å². The lowest BCUT2D eigenvalue weighted by Gasteiger charge is -2.27. The van der Waals surface area contributed by atoms with Crippen molar-refractivity contribution in [3.05, 3.63) is 29.8 Å². The van der Waals surface area contributed by atoms with Gasteiger partial charge in [0.15, 0.2) is 0 Å². The number of benzene rings is 1. The zero-order valence-corrected chi connectivity index (χ0v) is 9.90. The highest BCUT2D eigenvalue weighted by atomic mass is 16.4. The predicted octanol–water partition coefficient (Wildman–Crippen LogP) is 2.33. The fourth-order valence-electron chi connectivity index (χ4n) is 2.37. The zero-order valence-electron chi connectivity index (χ0n) is 9.90. The highest BCUT2D eigenvalue weighted by Crippen LogP contribution is 2.45. The molecule has 0 saturated carbocycles. The first-order chi connectivity index (χ1) is 7.44. The lowest BCUT2D eigenvalue weighted by atomic mass is 9.76. The fourth-order valence-corrected chi connectivity index (χ4v) is 2.37. The second-order valence-electron chi connectivity index (χ2n) is 5.02. The van der Waals surface area contributed by atoms with Crippen LogP contribution in [0.5, 0.6) is 0 Å². The summed E-state index contributed by atoms with van der Waals surface area (Å²) in [5.74, 6) is -0.672. The van der Waals surface area contributed by atoms with Crippen molar-refractivity contribution in [2.75, 3.05) is 18.5 Å². The molecule has 1 heterocycles. The lowest BCUT2D eigenvalue weighted by Crippen LogP contribution is -2.33. The Hall–Kier alpha value is -1.51. The highest BCUT2D eigenvalue weighted by Gasteiger charge is 2.42. The minimum Gasteiger partial charge on any atom is -0.481 e. The number of carboxylic acid groups (broad SMARTS) is 1. The van der Waals surface area contributed by atoms with Gasteiger partial charge in [-0.2, -0.15) is 0 Å². The van der Waals surface area contributed by atoms with Crippen LogP contribution in [0.2, 0.25) is 0 Å². The Morgan fingerprint density at radius 1 is 1.44 bits per heavy atom. The van der Waals surface area contributed by atoms with Crippen LogP contribution in [-0.4, -0.2) is 24.7 Å². The van der Waals surface area contributed by atoms with Crippen molar-refractivity contribution in [3.63, 3.8) is 0 Å². The number of aliphatic carboxylic acids is 1. The number of rotatable bonds is 2. The van der Waals surface area contributed by atoms with Crippen molar-refractivity contribution in [2.45, 2.75) is 19.8 Å². The van der Waals surface area contributed by atoms with Crippen LogP contribution in [0.3, 0.4) is 0 Å². The molecule has 86 valence electrons. The second-order valence-corrected chi connectivity index (χ2v) is 5.02. The Kier molecular flexibility index (Phi) is 2.41. The highest BCUT2D eigenvalue weighted by molar-refractivity contribution is 5.77. The largest absolute Gasteiger partial charge is 0.481 e. The maximum absolute atomic E-state index is 11.3. The normalized spacial score (nSPS) is 19.7. The molecule has 1 aliphatic rings. The van der Waals surface area contributed by atoms with E-state index in [0.717, 1.165) is 17.8 Å². The van der Waals surface area contributed by atoms with Crippen molar-refractivity contribution in [1.29, 1.82) is 0 Å². The molecule has 16 heavy (non-hydrogen) atoms. The Labute approximate surface area is 95.7 Å². The molecule has 0 amide bonds. The number of anilines is 1. The summed E-state index contributed by atoms with van der Waals surface area (Å²) in [4.78, 5) is 13.4. The molecule has 0 aliphatic carbocycles. The second kappa shape index (κ2) is 3.51. The quantitative estimate of drug-likeness (QED) is 0.830. The van der Waals surface area contributed by atoms with Crippen molar-refractivity contribution in [2.24, 2.45) is 5.41 Å². The summed E-state index contributed by atoms with van der Waals surface area (Å²) in [6.07, 6.45) is 0. The van der Waals surface area contributed by atoms with Gasteiger partial charge in [-0.3, -0.25) is 4.79 Å². The third kappa shape index (κ3) is 1.47. The Morgan fingerprint density at radius 2 is 2.06 bits per heavy atom. The fraction of sp³-hybridized carbons (Fsp3) is 0.462. The van der Waals surface area contributed by atoms with E-state index in [9.17, 15) is 9.90 Å². The maximum atomic E-state index is 11.3. The molecule has 1 unspecified atom stereocenters. The number of nitrogens with zero attached hydrogens (tertiary/aromatic N) is 1. The van der Waals surface area contributed by atoms with Crippen molar-refractivity contribution >= 4 is 11.7 Å². The van der Waals surface area contributed by atoms with E-state index in [1.807, 2.05) is 31.3 Å². The monoisotopic (exact) mass is 219 g/mol. The van der Waals surface area contributed by atoms with Gasteiger partial charge in [-0.15, -0.1) is 0 Å². The maximum Gasteiger partial charge on any atom is 0.309 e. The van der Waals surface area contributed by atoms with Crippen LogP contribution < -0.4 is 4.90 Å². The van der Waals surface area contributed by atoms with Crippen molar-refractivity contribution in [3.8, 4) is 0 Å². The Balaban J connectivity index is 2.45. The minimum atomic E-state index is -0.734. The van der Waals surface area contributed by atoms with Gasteiger partial charge >= 0.3 is 5.97 Å². The molecule has 3 nitrogen and oxygen atoms in total. The van der Waals surface area contributed by atoms with E-state index in [-0.39, 0.29) is 5.92 Å². The molecule has 2 rings (SSSR count). The summed E-state index contributed by atoms with van der Waals surface area (Å²) in [6.45, 7) is 4.38. The smallest absolute Gasteiger partial charge is 0.309 e. The summed E-state index contributed by atoms with van der Waals surface area (Å²) in [5, 5.41) is 9.29. The van der Waals surface area contributed by atoms with Gasteiger partial charge in [0.05, 0.1) is 5.41 Å². The molecule has 0 spiro atoms. The van der Waals surface area contributed by atoms with E-state index >= 15 is 0 Å². The molecule has 1 aromatic carbocycles. The van der Waals surface area contributed by atoms with Gasteiger partial charge in [-0.25, -0.2) is 0 Å². The summed E-state index contributed by atoms with van der Waals surface area (Å²) < 4.78 is 0. The number of carboxylic acids is 1. The van der Waals surface area contributed by atoms with E-state index in [2.05, 4.69) is 4.90 Å². The molecule has 1 aliphatic heterocycles. The predicted molar refractivity (Wildman–Crippen MR) is 63.9 cm³/mol. The van der Waals surface area contributed by atoms with Gasteiger partial charge in [-0.1, -0.05) is 18.2 Å². The topological polar surface area (TPSA) is 40.5 Å². The molecule has 1 N–H and O–H groups in total. The molecule has 1 atom stereocenters. The van der Waals surface area contributed by atoms with Gasteiger partial charge in [-0.05, 0) is 25.5 Å². The number of fused-ring (bicyclic) bond motifs is 1. The molecule has 0 fully saturated rings. The molecular weight excluding hydrogens is 202 g/mol. The standard InChI is InChI=1S/C13H17NO2/c1-13(2,12(15)16)10-8-14(3)11-7-5-4-6-9(10)11/h4-7,10H,8H2,1-3H3,(H,15,16). The first-order valence-electron chi connectivity index (χ1n) is 5.48. The minimum absolute atomic E-state index is 0.0613. The Bertz CT molecular complexity index is 426. The summed E-state index contributed by atoms with van der Waals surface area (Å²) in [5.41, 5.74) is 1.58. The van der Waals surface area contributed by atoms with Crippen LogP contribution in [0.1, 0.15) is 25.3 Å². The van der Waals surface area contributed by atoms with Crippen LogP contribution in [0, 0.1) is 5.41 Å². The van der Waals surface area contributed by atoms with Crippen molar-refractivity contribution < 1.29 is 9.90 Å². The SMILES string of the molecule is CN1CC(C(C)(C)C(=O)O)c2ccccc21. The molecule has 0 radical (unpaired) electrons. The van der Waals surface area contributed by atoms with Gasteiger partial charge in [0.25, 0.3) is 0 Å². The van der Waals surface area contributed by atoms with Gasteiger partial charge in [0, 0.05) is 25.2 Å². The van der Waals surface area contributed by atoms with E-state index in [4.69, 9.17) is 0 Å². The van der Waals surface area contributed by atoms with E-state index in [0.29, 0.717) is 0 Å².